The minimum atomic E-state index is 0.295. The second-order valence-electron chi connectivity index (χ2n) is 4.39. The molecule has 0 spiro atoms. The Morgan fingerprint density at radius 1 is 1.44 bits per heavy atom. The zero-order valence-electron chi connectivity index (χ0n) is 9.91. The van der Waals surface area contributed by atoms with Crippen molar-refractivity contribution in [3.8, 4) is 0 Å². The van der Waals surface area contributed by atoms with Crippen LogP contribution in [0.1, 0.15) is 30.4 Å². The standard InChI is InChI=1S/C11H19BrN4/c1-8-14-11(12)10(15(8)2)9(7-13)16-5-3-4-6-16/h9H,3-7,13H2,1-2H3. The van der Waals surface area contributed by atoms with E-state index in [1.807, 2.05) is 6.92 Å². The molecule has 1 saturated heterocycles. The molecule has 4 nitrogen and oxygen atoms in total. The number of aromatic nitrogens is 2. The van der Waals surface area contributed by atoms with Gasteiger partial charge in [0.25, 0.3) is 0 Å². The van der Waals surface area contributed by atoms with Gasteiger partial charge in [-0.1, -0.05) is 0 Å². The monoisotopic (exact) mass is 286 g/mol. The van der Waals surface area contributed by atoms with E-state index >= 15 is 0 Å². The molecule has 0 saturated carbocycles. The van der Waals surface area contributed by atoms with Gasteiger partial charge in [0.2, 0.25) is 0 Å². The van der Waals surface area contributed by atoms with Crippen molar-refractivity contribution in [3.05, 3.63) is 16.1 Å². The summed E-state index contributed by atoms with van der Waals surface area (Å²) >= 11 is 3.54. The Kier molecular flexibility index (Phi) is 3.66. The normalized spacial score (nSPS) is 19.2. The molecule has 2 N–H and O–H groups in total. The first-order valence-electron chi connectivity index (χ1n) is 5.78. The molecule has 16 heavy (non-hydrogen) atoms. The molecule has 1 atom stereocenters. The lowest BCUT2D eigenvalue weighted by Crippen LogP contribution is -2.33. The van der Waals surface area contributed by atoms with Crippen molar-refractivity contribution < 1.29 is 0 Å². The lowest BCUT2D eigenvalue weighted by molar-refractivity contribution is 0.242. The van der Waals surface area contributed by atoms with Gasteiger partial charge in [0.1, 0.15) is 10.4 Å². The molecule has 90 valence electrons. The first-order valence-corrected chi connectivity index (χ1v) is 6.57. The van der Waals surface area contributed by atoms with Crippen LogP contribution in [0.4, 0.5) is 0 Å². The Bertz CT molecular complexity index is 368. The quantitative estimate of drug-likeness (QED) is 0.918. The molecule has 2 rings (SSSR count). The molecule has 0 aliphatic carbocycles. The fraction of sp³-hybridized carbons (Fsp3) is 0.727. The summed E-state index contributed by atoms with van der Waals surface area (Å²) in [7, 11) is 2.06. The van der Waals surface area contributed by atoms with Gasteiger partial charge in [-0.2, -0.15) is 0 Å². The molecule has 1 fully saturated rings. The fourth-order valence-corrected chi connectivity index (χ4v) is 3.22. The Hall–Kier alpha value is -0.390. The number of hydrogen-bond donors (Lipinski definition) is 1. The minimum absolute atomic E-state index is 0.295. The molecule has 1 unspecified atom stereocenters. The average molecular weight is 287 g/mol. The van der Waals surface area contributed by atoms with Crippen molar-refractivity contribution in [2.45, 2.75) is 25.8 Å². The van der Waals surface area contributed by atoms with Crippen molar-refractivity contribution in [2.75, 3.05) is 19.6 Å². The summed E-state index contributed by atoms with van der Waals surface area (Å²) in [5.41, 5.74) is 7.14. The van der Waals surface area contributed by atoms with Crippen molar-refractivity contribution >= 4 is 15.9 Å². The Morgan fingerprint density at radius 2 is 2.06 bits per heavy atom. The first-order chi connectivity index (χ1) is 7.65. The van der Waals surface area contributed by atoms with Crippen LogP contribution in [0, 0.1) is 6.92 Å². The number of imidazole rings is 1. The highest BCUT2D eigenvalue weighted by molar-refractivity contribution is 9.10. The van der Waals surface area contributed by atoms with Crippen LogP contribution in [0.25, 0.3) is 0 Å². The van der Waals surface area contributed by atoms with Crippen LogP contribution in [0.2, 0.25) is 0 Å². The zero-order valence-corrected chi connectivity index (χ0v) is 11.5. The molecule has 0 bridgehead atoms. The van der Waals surface area contributed by atoms with Crippen molar-refractivity contribution in [3.63, 3.8) is 0 Å². The van der Waals surface area contributed by atoms with Gasteiger partial charge in [-0.3, -0.25) is 4.90 Å². The highest BCUT2D eigenvalue weighted by atomic mass is 79.9. The molecule has 1 aromatic rings. The van der Waals surface area contributed by atoms with Crippen LogP contribution in [0.15, 0.2) is 4.60 Å². The summed E-state index contributed by atoms with van der Waals surface area (Å²) < 4.78 is 3.08. The smallest absolute Gasteiger partial charge is 0.129 e. The predicted octanol–water partition coefficient (Wildman–Crippen LogP) is 1.59. The van der Waals surface area contributed by atoms with Crippen LogP contribution in [0.5, 0.6) is 0 Å². The lowest BCUT2D eigenvalue weighted by Gasteiger charge is -2.26. The lowest BCUT2D eigenvalue weighted by atomic mass is 10.2. The largest absolute Gasteiger partial charge is 0.333 e. The molecule has 5 heteroatoms. The van der Waals surface area contributed by atoms with Crippen LogP contribution in [0.3, 0.4) is 0 Å². The van der Waals surface area contributed by atoms with Crippen LogP contribution in [-0.2, 0) is 7.05 Å². The molecular weight excluding hydrogens is 268 g/mol. The predicted molar refractivity (Wildman–Crippen MR) is 68.2 cm³/mol. The third kappa shape index (κ3) is 2.04. The number of hydrogen-bond acceptors (Lipinski definition) is 3. The third-order valence-corrected chi connectivity index (χ3v) is 4.02. The van der Waals surface area contributed by atoms with Crippen LogP contribution in [-0.4, -0.2) is 34.1 Å². The highest BCUT2D eigenvalue weighted by Gasteiger charge is 2.27. The van der Waals surface area contributed by atoms with Crippen LogP contribution < -0.4 is 5.73 Å². The van der Waals surface area contributed by atoms with Gasteiger partial charge in [-0.05, 0) is 48.8 Å². The zero-order chi connectivity index (χ0) is 11.7. The van der Waals surface area contributed by atoms with Gasteiger partial charge in [-0.15, -0.1) is 0 Å². The van der Waals surface area contributed by atoms with Gasteiger partial charge in [0.15, 0.2) is 0 Å². The molecule has 1 aliphatic rings. The number of rotatable bonds is 3. The third-order valence-electron chi connectivity index (χ3n) is 3.44. The van der Waals surface area contributed by atoms with Crippen molar-refractivity contribution in [2.24, 2.45) is 12.8 Å². The summed E-state index contributed by atoms with van der Waals surface area (Å²) in [4.78, 5) is 6.91. The maximum absolute atomic E-state index is 5.93. The molecule has 1 aliphatic heterocycles. The minimum Gasteiger partial charge on any atom is -0.333 e. The van der Waals surface area contributed by atoms with Gasteiger partial charge < -0.3 is 10.3 Å². The molecule has 0 amide bonds. The van der Waals surface area contributed by atoms with Gasteiger partial charge >= 0.3 is 0 Å². The van der Waals surface area contributed by atoms with Gasteiger partial charge in [0, 0.05) is 13.6 Å². The van der Waals surface area contributed by atoms with E-state index in [4.69, 9.17) is 5.73 Å². The summed E-state index contributed by atoms with van der Waals surface area (Å²) in [6.45, 7) is 4.97. The SMILES string of the molecule is Cc1nc(Br)c(C(CN)N2CCCC2)n1C. The first kappa shape index (κ1) is 12.1. The van der Waals surface area contributed by atoms with E-state index in [0.29, 0.717) is 12.6 Å². The second-order valence-corrected chi connectivity index (χ2v) is 5.14. The maximum atomic E-state index is 5.93. The summed E-state index contributed by atoms with van der Waals surface area (Å²) in [5, 5.41) is 0. The Labute approximate surface area is 105 Å². The highest BCUT2D eigenvalue weighted by Crippen LogP contribution is 2.29. The Balaban J connectivity index is 2.32. The van der Waals surface area contributed by atoms with E-state index in [1.54, 1.807) is 0 Å². The van der Waals surface area contributed by atoms with E-state index in [-0.39, 0.29) is 0 Å². The number of nitrogens with two attached hydrogens (primary N) is 1. The van der Waals surface area contributed by atoms with Crippen molar-refractivity contribution in [1.82, 2.24) is 14.5 Å². The Morgan fingerprint density at radius 3 is 2.50 bits per heavy atom. The topological polar surface area (TPSA) is 47.1 Å². The molecule has 1 aromatic heterocycles. The number of halogens is 1. The molecule has 0 aromatic carbocycles. The summed E-state index contributed by atoms with van der Waals surface area (Å²) in [6, 6.07) is 0.295. The van der Waals surface area contributed by atoms with E-state index in [2.05, 4.69) is 37.4 Å². The van der Waals surface area contributed by atoms with Gasteiger partial charge in [-0.25, -0.2) is 4.98 Å². The second kappa shape index (κ2) is 4.85. The van der Waals surface area contributed by atoms with E-state index in [0.717, 1.165) is 23.5 Å². The van der Waals surface area contributed by atoms with Crippen molar-refractivity contribution in [1.29, 1.82) is 0 Å². The van der Waals surface area contributed by atoms with Crippen LogP contribution >= 0.6 is 15.9 Å². The molecule has 0 radical (unpaired) electrons. The maximum Gasteiger partial charge on any atom is 0.129 e. The number of nitrogens with zero attached hydrogens (tertiary/aromatic N) is 3. The fourth-order valence-electron chi connectivity index (χ4n) is 2.43. The number of likely N-dealkylation sites (tertiary alicyclic amines) is 1. The molecular formula is C11H19BrN4. The number of aryl methyl sites for hydroxylation is 1. The average Bonchev–Trinajstić information content (AvgIpc) is 2.84. The van der Waals surface area contributed by atoms with E-state index < -0.39 is 0 Å². The summed E-state index contributed by atoms with van der Waals surface area (Å²) in [6.07, 6.45) is 2.57. The van der Waals surface area contributed by atoms with Gasteiger partial charge in [0.05, 0.1) is 11.7 Å². The van der Waals surface area contributed by atoms with E-state index in [1.165, 1.54) is 18.5 Å². The molecule has 2 heterocycles. The van der Waals surface area contributed by atoms with E-state index in [9.17, 15) is 0 Å². The summed E-state index contributed by atoms with van der Waals surface area (Å²) in [5.74, 6) is 1.03.